The highest BCUT2D eigenvalue weighted by atomic mass is 16.7. The first-order valence-electron chi connectivity index (χ1n) is 11.0. The quantitative estimate of drug-likeness (QED) is 0.512. The van der Waals surface area contributed by atoms with E-state index in [1.54, 1.807) is 0 Å². The molecule has 2 aromatic carbocycles. The molecule has 1 atom stereocenters. The van der Waals surface area contributed by atoms with Gasteiger partial charge in [-0.2, -0.15) is 0 Å². The molecule has 2 aromatic rings. The number of methoxy groups -OCH3 is 1. The maximum atomic E-state index is 12.3. The van der Waals surface area contributed by atoms with Crippen molar-refractivity contribution in [1.82, 2.24) is 5.32 Å². The molecule has 1 saturated heterocycles. The average Bonchev–Trinajstić information content (AvgIpc) is 2.98. The molecule has 0 bridgehead atoms. The molecule has 1 fully saturated rings. The number of ether oxygens (including phenoxy) is 2. The molecule has 0 spiro atoms. The fourth-order valence-corrected chi connectivity index (χ4v) is 3.58. The number of nitrogens with one attached hydrogen (secondary N) is 1. The Morgan fingerprint density at radius 1 is 1.00 bits per heavy atom. The number of esters is 1. The van der Waals surface area contributed by atoms with E-state index in [9.17, 15) is 9.59 Å². The normalized spacial score (nSPS) is 17.3. The lowest BCUT2D eigenvalue weighted by molar-refractivity contribution is -0.143. The molecule has 1 N–H and O–H groups in total. The maximum absolute atomic E-state index is 12.3. The Kier molecular flexibility index (Phi) is 7.49. The summed E-state index contributed by atoms with van der Waals surface area (Å²) in [7, 11) is 0.824. The van der Waals surface area contributed by atoms with Crippen LogP contribution in [0.25, 0.3) is 0 Å². The predicted octanol–water partition coefficient (Wildman–Crippen LogP) is 3.30. The van der Waals surface area contributed by atoms with Crippen molar-refractivity contribution in [1.29, 1.82) is 0 Å². The number of aryl methyl sites for hydroxylation is 1. The van der Waals surface area contributed by atoms with Crippen LogP contribution >= 0.6 is 0 Å². The van der Waals surface area contributed by atoms with Gasteiger partial charge < -0.3 is 24.1 Å². The average molecular weight is 453 g/mol. The topological polar surface area (TPSA) is 83.1 Å². The van der Waals surface area contributed by atoms with Crippen LogP contribution in [0.15, 0.2) is 48.5 Å². The van der Waals surface area contributed by atoms with Crippen LogP contribution in [0.1, 0.15) is 44.4 Å². The SMILES string of the molecule is COC(=O)[C@H](Cc1ccc(B2OC(C)(C)C(C)(C)O2)c(C)c1)NC(=O)OCc1ccccc1. The van der Waals surface area contributed by atoms with Crippen molar-refractivity contribution in [2.45, 2.75) is 64.9 Å². The van der Waals surface area contributed by atoms with Gasteiger partial charge in [0.25, 0.3) is 0 Å². The monoisotopic (exact) mass is 453 g/mol. The van der Waals surface area contributed by atoms with Crippen molar-refractivity contribution >= 4 is 24.6 Å². The Bertz CT molecular complexity index is 976. The number of rotatable bonds is 7. The number of benzene rings is 2. The third kappa shape index (κ3) is 5.95. The molecule has 0 saturated carbocycles. The fraction of sp³-hybridized carbons (Fsp3) is 0.440. The van der Waals surface area contributed by atoms with Gasteiger partial charge in [0.2, 0.25) is 0 Å². The largest absolute Gasteiger partial charge is 0.495 e. The highest BCUT2D eigenvalue weighted by Gasteiger charge is 2.52. The minimum atomic E-state index is -0.875. The lowest BCUT2D eigenvalue weighted by Crippen LogP contribution is -2.43. The van der Waals surface area contributed by atoms with Gasteiger partial charge in [-0.25, -0.2) is 9.59 Å². The molecule has 1 aliphatic heterocycles. The van der Waals surface area contributed by atoms with Crippen molar-refractivity contribution in [3.63, 3.8) is 0 Å². The van der Waals surface area contributed by atoms with Crippen LogP contribution in [0.3, 0.4) is 0 Å². The highest BCUT2D eigenvalue weighted by Crippen LogP contribution is 2.36. The van der Waals surface area contributed by atoms with Crippen molar-refractivity contribution < 1.29 is 28.4 Å². The van der Waals surface area contributed by atoms with Crippen LogP contribution in [0.4, 0.5) is 4.79 Å². The standard InChI is InChI=1S/C25H32BNO6/c1-17-14-19(12-13-20(17)26-32-24(2,3)25(4,5)33-26)15-21(22(28)30-6)27-23(29)31-16-18-10-8-7-9-11-18/h7-14,21H,15-16H2,1-6H3,(H,27,29)/t21-/m0/s1. The molecule has 1 amide bonds. The number of hydrogen-bond acceptors (Lipinski definition) is 6. The summed E-state index contributed by atoms with van der Waals surface area (Å²) in [6.45, 7) is 10.1. The van der Waals surface area contributed by atoms with E-state index in [1.807, 2.05) is 83.1 Å². The van der Waals surface area contributed by atoms with E-state index in [1.165, 1.54) is 7.11 Å². The van der Waals surface area contributed by atoms with Gasteiger partial charge >= 0.3 is 19.2 Å². The van der Waals surface area contributed by atoms with Crippen LogP contribution in [0.5, 0.6) is 0 Å². The van der Waals surface area contributed by atoms with E-state index in [2.05, 4.69) is 5.32 Å². The first-order chi connectivity index (χ1) is 15.5. The Labute approximate surface area is 195 Å². The summed E-state index contributed by atoms with van der Waals surface area (Å²) in [6, 6.07) is 14.3. The van der Waals surface area contributed by atoms with Gasteiger partial charge in [0, 0.05) is 6.42 Å². The lowest BCUT2D eigenvalue weighted by Gasteiger charge is -2.32. The molecule has 3 rings (SSSR count). The summed E-state index contributed by atoms with van der Waals surface area (Å²) < 4.78 is 22.4. The van der Waals surface area contributed by atoms with Crippen LogP contribution in [-0.4, -0.2) is 43.5 Å². The Hall–Kier alpha value is -2.84. The minimum Gasteiger partial charge on any atom is -0.467 e. The molecule has 1 aliphatic rings. The van der Waals surface area contributed by atoms with Crippen molar-refractivity contribution in [2.75, 3.05) is 7.11 Å². The van der Waals surface area contributed by atoms with E-state index in [0.717, 1.165) is 22.2 Å². The molecule has 0 aromatic heterocycles. The molecule has 0 unspecified atom stereocenters. The van der Waals surface area contributed by atoms with Gasteiger partial charge in [-0.15, -0.1) is 0 Å². The van der Waals surface area contributed by atoms with Crippen molar-refractivity contribution in [2.24, 2.45) is 0 Å². The van der Waals surface area contributed by atoms with Crippen LogP contribution < -0.4 is 10.8 Å². The summed E-state index contributed by atoms with van der Waals surface area (Å²) in [6.07, 6.45) is -0.419. The van der Waals surface area contributed by atoms with E-state index in [0.29, 0.717) is 0 Å². The number of hydrogen-bond donors (Lipinski definition) is 1. The molecular formula is C25H32BNO6. The molecular weight excluding hydrogens is 421 g/mol. The molecule has 8 heteroatoms. The summed E-state index contributed by atoms with van der Waals surface area (Å²) in [4.78, 5) is 24.6. The summed E-state index contributed by atoms with van der Waals surface area (Å²) in [5.41, 5.74) is 2.78. The summed E-state index contributed by atoms with van der Waals surface area (Å²) in [5.74, 6) is -0.542. The highest BCUT2D eigenvalue weighted by molar-refractivity contribution is 6.62. The van der Waals surface area contributed by atoms with E-state index in [4.69, 9.17) is 18.8 Å². The van der Waals surface area contributed by atoms with Crippen LogP contribution in [-0.2, 0) is 36.6 Å². The fourth-order valence-electron chi connectivity index (χ4n) is 3.58. The molecule has 7 nitrogen and oxygen atoms in total. The summed E-state index contributed by atoms with van der Waals surface area (Å²) in [5, 5.41) is 2.61. The van der Waals surface area contributed by atoms with Crippen molar-refractivity contribution in [3.05, 3.63) is 65.2 Å². The zero-order chi connectivity index (χ0) is 24.2. The van der Waals surface area contributed by atoms with Crippen LogP contribution in [0.2, 0.25) is 0 Å². The lowest BCUT2D eigenvalue weighted by atomic mass is 9.75. The van der Waals surface area contributed by atoms with Gasteiger partial charge in [0.15, 0.2) is 0 Å². The Morgan fingerprint density at radius 2 is 1.64 bits per heavy atom. The van der Waals surface area contributed by atoms with Gasteiger partial charge in [0.05, 0.1) is 18.3 Å². The summed E-state index contributed by atoms with van der Waals surface area (Å²) >= 11 is 0. The third-order valence-corrected chi connectivity index (χ3v) is 6.27. The number of alkyl carbamates (subject to hydrolysis) is 1. The second-order valence-corrected chi connectivity index (χ2v) is 9.27. The van der Waals surface area contributed by atoms with Crippen LogP contribution in [0, 0.1) is 6.92 Å². The Morgan fingerprint density at radius 3 is 2.21 bits per heavy atom. The first kappa shape index (κ1) is 24.8. The van der Waals surface area contributed by atoms with E-state index < -0.39 is 36.4 Å². The van der Waals surface area contributed by atoms with E-state index >= 15 is 0 Å². The van der Waals surface area contributed by atoms with E-state index in [-0.39, 0.29) is 13.0 Å². The Balaban J connectivity index is 1.66. The molecule has 176 valence electrons. The van der Waals surface area contributed by atoms with Gasteiger partial charge in [0.1, 0.15) is 12.6 Å². The second-order valence-electron chi connectivity index (χ2n) is 9.27. The molecule has 33 heavy (non-hydrogen) atoms. The molecule has 0 aliphatic carbocycles. The molecule has 1 heterocycles. The van der Waals surface area contributed by atoms with Gasteiger partial charge in [-0.3, -0.25) is 0 Å². The zero-order valence-corrected chi connectivity index (χ0v) is 20.1. The molecule has 0 radical (unpaired) electrons. The first-order valence-corrected chi connectivity index (χ1v) is 11.0. The third-order valence-electron chi connectivity index (χ3n) is 6.27. The smallest absolute Gasteiger partial charge is 0.467 e. The minimum absolute atomic E-state index is 0.114. The zero-order valence-electron chi connectivity index (χ0n) is 20.1. The predicted molar refractivity (Wildman–Crippen MR) is 126 cm³/mol. The maximum Gasteiger partial charge on any atom is 0.495 e. The van der Waals surface area contributed by atoms with Gasteiger partial charge in [-0.1, -0.05) is 54.1 Å². The second kappa shape index (κ2) is 9.97. The number of carbonyl (C=O) groups is 2. The number of carbonyl (C=O) groups excluding carboxylic acids is 2. The van der Waals surface area contributed by atoms with Gasteiger partial charge in [-0.05, 0) is 51.2 Å². The van der Waals surface area contributed by atoms with Crippen molar-refractivity contribution in [3.8, 4) is 0 Å². The number of amides is 1.